The van der Waals surface area contributed by atoms with Gasteiger partial charge in [-0.15, -0.1) is 0 Å². The molecule has 1 atom stereocenters. The average molecular weight is 251 g/mol. The van der Waals surface area contributed by atoms with Crippen molar-refractivity contribution in [1.82, 2.24) is 9.55 Å². The molecule has 0 aliphatic rings. The number of halogens is 1. The fraction of sp³-hybridized carbons (Fsp3) is 0.308. The fourth-order valence-corrected chi connectivity index (χ4v) is 2.10. The topological polar surface area (TPSA) is 38.0 Å². The van der Waals surface area contributed by atoms with E-state index in [4.69, 9.17) is 11.6 Å². The van der Waals surface area contributed by atoms with E-state index < -0.39 is 5.60 Å². The van der Waals surface area contributed by atoms with Crippen LogP contribution < -0.4 is 0 Å². The Kier molecular flexibility index (Phi) is 3.22. The molecule has 0 spiro atoms. The third-order valence-electron chi connectivity index (χ3n) is 2.88. The molecule has 17 heavy (non-hydrogen) atoms. The van der Waals surface area contributed by atoms with Gasteiger partial charge >= 0.3 is 0 Å². The van der Waals surface area contributed by atoms with Crippen molar-refractivity contribution in [3.8, 4) is 0 Å². The van der Waals surface area contributed by atoms with Crippen molar-refractivity contribution in [3.05, 3.63) is 53.1 Å². The molecule has 4 heteroatoms. The summed E-state index contributed by atoms with van der Waals surface area (Å²) < 4.78 is 1.92. The maximum atomic E-state index is 10.6. The summed E-state index contributed by atoms with van der Waals surface area (Å²) in [6, 6.07) is 7.22. The zero-order valence-corrected chi connectivity index (χ0v) is 10.6. The quantitative estimate of drug-likeness (QED) is 0.910. The first kappa shape index (κ1) is 12.1. The van der Waals surface area contributed by atoms with E-state index in [0.29, 0.717) is 10.8 Å². The Morgan fingerprint density at radius 1 is 1.47 bits per heavy atom. The van der Waals surface area contributed by atoms with Crippen molar-refractivity contribution in [1.29, 1.82) is 0 Å². The van der Waals surface area contributed by atoms with Crippen LogP contribution in [0.5, 0.6) is 0 Å². The van der Waals surface area contributed by atoms with Crippen molar-refractivity contribution in [2.75, 3.05) is 0 Å². The number of aliphatic hydroxyl groups is 1. The Bertz CT molecular complexity index is 520. The van der Waals surface area contributed by atoms with E-state index in [-0.39, 0.29) is 0 Å². The molecule has 0 amide bonds. The monoisotopic (exact) mass is 250 g/mol. The Labute approximate surface area is 106 Å². The number of hydrogen-bond acceptors (Lipinski definition) is 2. The molecule has 1 heterocycles. The number of imidazole rings is 1. The molecule has 0 aliphatic heterocycles. The zero-order chi connectivity index (χ0) is 12.5. The Morgan fingerprint density at radius 2 is 2.24 bits per heavy atom. The van der Waals surface area contributed by atoms with E-state index in [9.17, 15) is 5.11 Å². The number of benzene rings is 1. The smallest absolute Gasteiger partial charge is 0.145 e. The molecule has 1 unspecified atom stereocenters. The van der Waals surface area contributed by atoms with Crippen molar-refractivity contribution < 1.29 is 5.11 Å². The van der Waals surface area contributed by atoms with E-state index in [1.54, 1.807) is 25.3 Å². The third kappa shape index (κ3) is 2.21. The predicted octanol–water partition coefficient (Wildman–Crippen LogP) is 2.81. The average Bonchev–Trinajstić information content (AvgIpc) is 2.77. The van der Waals surface area contributed by atoms with Gasteiger partial charge in [-0.05, 0) is 31.5 Å². The Balaban J connectivity index is 2.49. The van der Waals surface area contributed by atoms with Gasteiger partial charge in [-0.3, -0.25) is 0 Å². The van der Waals surface area contributed by atoms with E-state index >= 15 is 0 Å². The van der Waals surface area contributed by atoms with Gasteiger partial charge < -0.3 is 9.67 Å². The second-order valence-electron chi connectivity index (χ2n) is 4.12. The normalized spacial score (nSPS) is 14.6. The summed E-state index contributed by atoms with van der Waals surface area (Å²) in [5.74, 6) is 0.627. The van der Waals surface area contributed by atoms with Gasteiger partial charge in [0, 0.05) is 24.0 Å². The second kappa shape index (κ2) is 4.51. The van der Waals surface area contributed by atoms with Gasteiger partial charge in [0.05, 0.1) is 0 Å². The first-order valence-corrected chi connectivity index (χ1v) is 5.93. The van der Waals surface area contributed by atoms with Crippen molar-refractivity contribution in [2.24, 2.45) is 0 Å². The lowest BCUT2D eigenvalue weighted by atomic mass is 9.95. The highest BCUT2D eigenvalue weighted by molar-refractivity contribution is 6.30. The summed E-state index contributed by atoms with van der Waals surface area (Å²) in [4.78, 5) is 4.23. The van der Waals surface area contributed by atoms with Gasteiger partial charge in [-0.25, -0.2) is 4.98 Å². The van der Waals surface area contributed by atoms with Crippen LogP contribution in [0, 0.1) is 0 Å². The molecule has 0 saturated heterocycles. The maximum Gasteiger partial charge on any atom is 0.145 e. The number of rotatable bonds is 3. The highest BCUT2D eigenvalue weighted by atomic mass is 35.5. The molecule has 0 radical (unpaired) electrons. The summed E-state index contributed by atoms with van der Waals surface area (Å²) in [7, 11) is 0. The number of aromatic nitrogens is 2. The SMILES string of the molecule is CCn1ccnc1C(C)(O)c1cccc(Cl)c1. The summed E-state index contributed by atoms with van der Waals surface area (Å²) in [5, 5.41) is 11.2. The van der Waals surface area contributed by atoms with Crippen LogP contribution in [0.4, 0.5) is 0 Å². The first-order chi connectivity index (χ1) is 8.05. The summed E-state index contributed by atoms with van der Waals surface area (Å²) in [5.41, 5.74) is -0.393. The van der Waals surface area contributed by atoms with Gasteiger partial charge in [-0.1, -0.05) is 23.7 Å². The maximum absolute atomic E-state index is 10.6. The molecule has 1 aromatic heterocycles. The largest absolute Gasteiger partial charge is 0.377 e. The van der Waals surface area contributed by atoms with Crippen LogP contribution in [0.3, 0.4) is 0 Å². The lowest BCUT2D eigenvalue weighted by Crippen LogP contribution is -2.27. The summed E-state index contributed by atoms with van der Waals surface area (Å²) in [6.45, 7) is 4.51. The number of hydrogen-bond donors (Lipinski definition) is 1. The Morgan fingerprint density at radius 3 is 2.88 bits per heavy atom. The van der Waals surface area contributed by atoms with Crippen LogP contribution in [0.25, 0.3) is 0 Å². The zero-order valence-electron chi connectivity index (χ0n) is 9.89. The van der Waals surface area contributed by atoms with Gasteiger partial charge in [0.25, 0.3) is 0 Å². The van der Waals surface area contributed by atoms with E-state index in [1.165, 1.54) is 0 Å². The first-order valence-electron chi connectivity index (χ1n) is 5.55. The van der Waals surface area contributed by atoms with Crippen molar-refractivity contribution in [2.45, 2.75) is 26.0 Å². The molecular formula is C13H15ClN2O. The van der Waals surface area contributed by atoms with Crippen molar-refractivity contribution >= 4 is 11.6 Å². The molecule has 0 fully saturated rings. The van der Waals surface area contributed by atoms with Gasteiger partial charge in [0.1, 0.15) is 11.4 Å². The summed E-state index contributed by atoms with van der Waals surface area (Å²) in [6.07, 6.45) is 3.55. The number of nitrogens with zero attached hydrogens (tertiary/aromatic N) is 2. The molecule has 0 bridgehead atoms. The molecule has 2 rings (SSSR count). The lowest BCUT2D eigenvalue weighted by molar-refractivity contribution is 0.0882. The highest BCUT2D eigenvalue weighted by Crippen LogP contribution is 2.29. The van der Waals surface area contributed by atoms with Crippen molar-refractivity contribution in [3.63, 3.8) is 0 Å². The van der Waals surface area contributed by atoms with Crippen LogP contribution in [0.15, 0.2) is 36.7 Å². The molecule has 1 N–H and O–H groups in total. The molecule has 3 nitrogen and oxygen atoms in total. The minimum atomic E-state index is -1.13. The Hall–Kier alpha value is -1.32. The third-order valence-corrected chi connectivity index (χ3v) is 3.11. The van der Waals surface area contributed by atoms with Crippen LogP contribution in [-0.4, -0.2) is 14.7 Å². The molecule has 2 aromatic rings. The fourth-order valence-electron chi connectivity index (χ4n) is 1.91. The molecule has 0 saturated carbocycles. The second-order valence-corrected chi connectivity index (χ2v) is 4.56. The molecular weight excluding hydrogens is 236 g/mol. The highest BCUT2D eigenvalue weighted by Gasteiger charge is 2.30. The van der Waals surface area contributed by atoms with E-state index in [0.717, 1.165) is 12.1 Å². The molecule has 90 valence electrons. The number of aryl methyl sites for hydroxylation is 1. The standard InChI is InChI=1S/C13H15ClN2O/c1-3-16-8-7-15-12(16)13(2,17)10-5-4-6-11(14)9-10/h4-9,17H,3H2,1-2H3. The lowest BCUT2D eigenvalue weighted by Gasteiger charge is -2.24. The predicted molar refractivity (Wildman–Crippen MR) is 68.0 cm³/mol. The van der Waals surface area contributed by atoms with Gasteiger partial charge in [-0.2, -0.15) is 0 Å². The van der Waals surface area contributed by atoms with Crippen LogP contribution in [-0.2, 0) is 12.1 Å². The molecule has 0 aliphatic carbocycles. The minimum absolute atomic E-state index is 0.609. The van der Waals surface area contributed by atoms with Crippen LogP contribution >= 0.6 is 11.6 Å². The van der Waals surface area contributed by atoms with Crippen LogP contribution in [0.2, 0.25) is 5.02 Å². The van der Waals surface area contributed by atoms with Gasteiger partial charge in [0.15, 0.2) is 0 Å². The van der Waals surface area contributed by atoms with E-state index in [1.807, 2.05) is 29.8 Å². The minimum Gasteiger partial charge on any atom is -0.377 e. The molecule has 1 aromatic carbocycles. The van der Waals surface area contributed by atoms with Crippen LogP contribution in [0.1, 0.15) is 25.2 Å². The summed E-state index contributed by atoms with van der Waals surface area (Å²) >= 11 is 5.95. The van der Waals surface area contributed by atoms with Gasteiger partial charge in [0.2, 0.25) is 0 Å². The van der Waals surface area contributed by atoms with E-state index in [2.05, 4.69) is 4.98 Å².